The minimum absolute atomic E-state index is 0.254. The van der Waals surface area contributed by atoms with Crippen molar-refractivity contribution in [3.8, 4) is 5.75 Å². The molecule has 1 saturated heterocycles. The van der Waals surface area contributed by atoms with Crippen molar-refractivity contribution >= 4 is 11.6 Å². The van der Waals surface area contributed by atoms with Gasteiger partial charge in [-0.2, -0.15) is 0 Å². The number of benzene rings is 1. The van der Waals surface area contributed by atoms with Gasteiger partial charge in [-0.1, -0.05) is 11.6 Å². The molecule has 1 aromatic rings. The van der Waals surface area contributed by atoms with Gasteiger partial charge >= 0.3 is 0 Å². The van der Waals surface area contributed by atoms with Crippen LogP contribution in [0.2, 0.25) is 5.02 Å². The van der Waals surface area contributed by atoms with E-state index < -0.39 is 0 Å². The third kappa shape index (κ3) is 1.78. The Bertz CT molecular complexity index is 402. The summed E-state index contributed by atoms with van der Waals surface area (Å²) in [5.41, 5.74) is 0.444. The van der Waals surface area contributed by atoms with Gasteiger partial charge in [-0.3, -0.25) is 0 Å². The molecule has 0 spiro atoms. The summed E-state index contributed by atoms with van der Waals surface area (Å²) in [6.07, 6.45) is 2.00. The van der Waals surface area contributed by atoms with Crippen molar-refractivity contribution in [3.63, 3.8) is 0 Å². The summed E-state index contributed by atoms with van der Waals surface area (Å²) in [4.78, 5) is 0. The topological polar surface area (TPSA) is 21.3 Å². The highest BCUT2D eigenvalue weighted by molar-refractivity contribution is 6.31. The lowest BCUT2D eigenvalue weighted by molar-refractivity contribution is 0.351. The van der Waals surface area contributed by atoms with Crippen LogP contribution in [0.4, 0.5) is 4.39 Å². The molecule has 4 heteroatoms. The summed E-state index contributed by atoms with van der Waals surface area (Å²) >= 11 is 6.16. The van der Waals surface area contributed by atoms with Gasteiger partial charge in [0.25, 0.3) is 0 Å². The molecule has 0 aliphatic carbocycles. The zero-order valence-corrected chi connectivity index (χ0v) is 10.2. The summed E-state index contributed by atoms with van der Waals surface area (Å²) in [6.45, 7) is 2.95. The van der Waals surface area contributed by atoms with Gasteiger partial charge in [-0.05, 0) is 38.4 Å². The number of halogens is 2. The highest BCUT2D eigenvalue weighted by atomic mass is 35.5. The third-order valence-electron chi connectivity index (χ3n) is 3.18. The second kappa shape index (κ2) is 4.22. The molecule has 88 valence electrons. The maximum atomic E-state index is 13.6. The molecule has 2 nitrogen and oxygen atoms in total. The van der Waals surface area contributed by atoms with Crippen molar-refractivity contribution in [3.05, 3.63) is 28.5 Å². The van der Waals surface area contributed by atoms with Crippen molar-refractivity contribution in [1.82, 2.24) is 5.32 Å². The fraction of sp³-hybridized carbons (Fsp3) is 0.500. The van der Waals surface area contributed by atoms with Gasteiger partial charge in [0, 0.05) is 16.1 Å². The molecule has 16 heavy (non-hydrogen) atoms. The van der Waals surface area contributed by atoms with E-state index in [9.17, 15) is 4.39 Å². The van der Waals surface area contributed by atoms with E-state index in [1.54, 1.807) is 6.07 Å². The molecule has 1 N–H and O–H groups in total. The molecular weight excluding hydrogens is 229 g/mol. The monoisotopic (exact) mass is 243 g/mol. The van der Waals surface area contributed by atoms with Crippen LogP contribution in [0.3, 0.4) is 0 Å². The van der Waals surface area contributed by atoms with Crippen molar-refractivity contribution in [2.24, 2.45) is 0 Å². The Kier molecular flexibility index (Phi) is 3.08. The van der Waals surface area contributed by atoms with Gasteiger partial charge in [-0.15, -0.1) is 0 Å². The quantitative estimate of drug-likeness (QED) is 0.862. The second-order valence-corrected chi connectivity index (χ2v) is 4.71. The molecule has 1 atom stereocenters. The minimum Gasteiger partial charge on any atom is -0.493 e. The smallest absolute Gasteiger partial charge is 0.165 e. The van der Waals surface area contributed by atoms with Crippen LogP contribution in [0.15, 0.2) is 12.1 Å². The number of methoxy groups -OCH3 is 1. The summed E-state index contributed by atoms with van der Waals surface area (Å²) in [6, 6.07) is 2.92. The number of nitrogens with one attached hydrogen (secondary N) is 1. The first-order chi connectivity index (χ1) is 7.58. The van der Waals surface area contributed by atoms with E-state index in [0.29, 0.717) is 5.02 Å². The van der Waals surface area contributed by atoms with Crippen molar-refractivity contribution in [1.29, 1.82) is 0 Å². The van der Waals surface area contributed by atoms with E-state index in [1.807, 2.05) is 6.92 Å². The highest BCUT2D eigenvalue weighted by Crippen LogP contribution is 2.41. The fourth-order valence-electron chi connectivity index (χ4n) is 2.35. The van der Waals surface area contributed by atoms with E-state index >= 15 is 0 Å². The molecule has 0 radical (unpaired) electrons. The predicted octanol–water partition coefficient (Wildman–Crippen LogP) is 3.09. The zero-order chi connectivity index (χ0) is 11.8. The van der Waals surface area contributed by atoms with E-state index in [1.165, 1.54) is 13.2 Å². The minimum atomic E-state index is -0.364. The van der Waals surface area contributed by atoms with Crippen LogP contribution >= 0.6 is 11.6 Å². The largest absolute Gasteiger partial charge is 0.493 e. The van der Waals surface area contributed by atoms with Crippen LogP contribution in [-0.2, 0) is 5.54 Å². The summed E-state index contributed by atoms with van der Waals surface area (Å²) in [5.74, 6) is -0.110. The molecule has 1 unspecified atom stereocenters. The molecular formula is C12H15ClFNO. The zero-order valence-electron chi connectivity index (χ0n) is 9.44. The first kappa shape index (κ1) is 11.7. The molecule has 1 aliphatic heterocycles. The van der Waals surface area contributed by atoms with Crippen LogP contribution in [0.1, 0.15) is 25.3 Å². The molecule has 0 saturated carbocycles. The lowest BCUT2D eigenvalue weighted by atomic mass is 9.89. The van der Waals surface area contributed by atoms with Gasteiger partial charge < -0.3 is 10.1 Å². The summed E-state index contributed by atoms with van der Waals surface area (Å²) < 4.78 is 18.8. The standard InChI is InChI=1S/C12H15ClFNO/c1-12(6-3-7-15-12)10-8(13)4-5-9(14)11(10)16-2/h4-5,15H,3,6-7H2,1-2H3. The summed E-state index contributed by atoms with van der Waals surface area (Å²) in [7, 11) is 1.47. The molecule has 0 aromatic heterocycles. The lowest BCUT2D eigenvalue weighted by Crippen LogP contribution is -2.34. The molecule has 0 bridgehead atoms. The van der Waals surface area contributed by atoms with Crippen LogP contribution in [0, 0.1) is 5.82 Å². The summed E-state index contributed by atoms with van der Waals surface area (Å²) in [5, 5.41) is 3.91. The van der Waals surface area contributed by atoms with Crippen molar-refractivity contribution in [2.75, 3.05) is 13.7 Å². The molecule has 1 aromatic carbocycles. The maximum Gasteiger partial charge on any atom is 0.165 e. The van der Waals surface area contributed by atoms with Crippen LogP contribution in [0.5, 0.6) is 5.75 Å². The Hall–Kier alpha value is -0.800. The predicted molar refractivity (Wildman–Crippen MR) is 62.6 cm³/mol. The van der Waals surface area contributed by atoms with Gasteiger partial charge in [0.05, 0.1) is 7.11 Å². The Morgan fingerprint density at radius 2 is 2.25 bits per heavy atom. The number of ether oxygens (including phenoxy) is 1. The third-order valence-corrected chi connectivity index (χ3v) is 3.50. The average molecular weight is 244 g/mol. The molecule has 1 aliphatic rings. The molecule has 1 fully saturated rings. The number of hydrogen-bond donors (Lipinski definition) is 1. The van der Waals surface area contributed by atoms with Crippen LogP contribution in [-0.4, -0.2) is 13.7 Å². The SMILES string of the molecule is COc1c(F)ccc(Cl)c1C1(C)CCCN1. The first-order valence-corrected chi connectivity index (χ1v) is 5.74. The van der Waals surface area contributed by atoms with Crippen molar-refractivity contribution in [2.45, 2.75) is 25.3 Å². The van der Waals surface area contributed by atoms with E-state index in [4.69, 9.17) is 16.3 Å². The average Bonchev–Trinajstić information content (AvgIpc) is 2.69. The normalized spacial score (nSPS) is 24.8. The van der Waals surface area contributed by atoms with Crippen LogP contribution < -0.4 is 10.1 Å². The molecule has 1 heterocycles. The lowest BCUT2D eigenvalue weighted by Gasteiger charge is -2.28. The molecule has 2 rings (SSSR count). The van der Waals surface area contributed by atoms with Crippen molar-refractivity contribution < 1.29 is 9.13 Å². The number of hydrogen-bond acceptors (Lipinski definition) is 2. The number of rotatable bonds is 2. The van der Waals surface area contributed by atoms with E-state index in [0.717, 1.165) is 24.9 Å². The Labute approximate surface area is 99.7 Å². The van der Waals surface area contributed by atoms with Gasteiger partial charge in [0.2, 0.25) is 0 Å². The van der Waals surface area contributed by atoms with Crippen LogP contribution in [0.25, 0.3) is 0 Å². The Morgan fingerprint density at radius 3 is 2.81 bits per heavy atom. The Morgan fingerprint density at radius 1 is 1.50 bits per heavy atom. The fourth-order valence-corrected chi connectivity index (χ4v) is 2.71. The van der Waals surface area contributed by atoms with Gasteiger partial charge in [-0.25, -0.2) is 4.39 Å². The maximum absolute atomic E-state index is 13.6. The van der Waals surface area contributed by atoms with Gasteiger partial charge in [0.15, 0.2) is 11.6 Å². The van der Waals surface area contributed by atoms with Gasteiger partial charge in [0.1, 0.15) is 0 Å². The first-order valence-electron chi connectivity index (χ1n) is 5.36. The highest BCUT2D eigenvalue weighted by Gasteiger charge is 2.35. The van der Waals surface area contributed by atoms with E-state index in [-0.39, 0.29) is 17.1 Å². The van der Waals surface area contributed by atoms with E-state index in [2.05, 4.69) is 5.32 Å². The molecule has 0 amide bonds. The second-order valence-electron chi connectivity index (χ2n) is 4.30. The Balaban J connectivity index is 2.57.